The van der Waals surface area contributed by atoms with Crippen molar-refractivity contribution in [2.24, 2.45) is 0 Å². The predicted molar refractivity (Wildman–Crippen MR) is 100.0 cm³/mol. The molecule has 0 spiro atoms. The van der Waals surface area contributed by atoms with E-state index in [1.165, 1.54) is 0 Å². The lowest BCUT2D eigenvalue weighted by atomic mass is 10.1. The van der Waals surface area contributed by atoms with Crippen LogP contribution in [0.15, 0.2) is 42.5 Å². The Morgan fingerprint density at radius 1 is 1.04 bits per heavy atom. The van der Waals surface area contributed by atoms with Crippen molar-refractivity contribution in [3.63, 3.8) is 0 Å². The first-order valence-corrected chi connectivity index (χ1v) is 8.58. The number of nitrogens with one attached hydrogen (secondary N) is 1. The molecule has 0 bridgehead atoms. The van der Waals surface area contributed by atoms with Gasteiger partial charge in [0.2, 0.25) is 0 Å². The maximum absolute atomic E-state index is 12.1. The van der Waals surface area contributed by atoms with Crippen LogP contribution in [0.4, 0.5) is 0 Å². The number of esters is 1. The molecular formula is C21H25NO4. The summed E-state index contributed by atoms with van der Waals surface area (Å²) in [7, 11) is 0. The average Bonchev–Trinajstić information content (AvgIpc) is 2.62. The molecule has 1 amide bonds. The summed E-state index contributed by atoms with van der Waals surface area (Å²) < 4.78 is 10.6. The molecule has 0 saturated heterocycles. The van der Waals surface area contributed by atoms with Crippen LogP contribution < -0.4 is 10.1 Å². The van der Waals surface area contributed by atoms with E-state index >= 15 is 0 Å². The lowest BCUT2D eigenvalue weighted by Gasteiger charge is -2.15. The van der Waals surface area contributed by atoms with Gasteiger partial charge in [-0.15, -0.1) is 0 Å². The number of carbonyl (C=O) groups is 2. The van der Waals surface area contributed by atoms with Crippen LogP contribution in [0.3, 0.4) is 0 Å². The quantitative estimate of drug-likeness (QED) is 0.775. The SMILES string of the molecule is Cc1ccc(CNC(=O)[C@H](C)OC(=O)COc2cccc(C)c2C)cc1. The highest BCUT2D eigenvalue weighted by Gasteiger charge is 2.18. The number of carbonyl (C=O) groups excluding carboxylic acids is 2. The summed E-state index contributed by atoms with van der Waals surface area (Å²) in [5.41, 5.74) is 4.20. The van der Waals surface area contributed by atoms with Gasteiger partial charge in [-0.05, 0) is 50.5 Å². The first kappa shape index (κ1) is 19.5. The van der Waals surface area contributed by atoms with Crippen molar-refractivity contribution < 1.29 is 19.1 Å². The minimum atomic E-state index is -0.879. The molecule has 0 aliphatic rings. The number of hydrogen-bond donors (Lipinski definition) is 1. The standard InChI is InChI=1S/C21H25NO4/c1-14-8-10-18(11-9-14)12-22-21(24)17(4)26-20(23)13-25-19-7-5-6-15(2)16(19)3/h5-11,17H,12-13H2,1-4H3,(H,22,24)/t17-/m0/s1. The highest BCUT2D eigenvalue weighted by Crippen LogP contribution is 2.20. The Morgan fingerprint density at radius 3 is 2.42 bits per heavy atom. The Kier molecular flexibility index (Phi) is 6.78. The Morgan fingerprint density at radius 2 is 1.73 bits per heavy atom. The van der Waals surface area contributed by atoms with Gasteiger partial charge >= 0.3 is 5.97 Å². The zero-order valence-corrected chi connectivity index (χ0v) is 15.7. The first-order chi connectivity index (χ1) is 12.4. The highest BCUT2D eigenvalue weighted by atomic mass is 16.6. The summed E-state index contributed by atoms with van der Waals surface area (Å²) in [4.78, 5) is 24.0. The zero-order valence-electron chi connectivity index (χ0n) is 15.7. The van der Waals surface area contributed by atoms with E-state index in [-0.39, 0.29) is 12.5 Å². The van der Waals surface area contributed by atoms with Crippen LogP contribution in [0.25, 0.3) is 0 Å². The molecule has 0 saturated carbocycles. The molecule has 2 aromatic rings. The Balaban J connectivity index is 1.77. The van der Waals surface area contributed by atoms with Crippen molar-refractivity contribution in [2.45, 2.75) is 40.3 Å². The van der Waals surface area contributed by atoms with Crippen molar-refractivity contribution in [1.29, 1.82) is 0 Å². The molecule has 0 radical (unpaired) electrons. The molecule has 0 aliphatic carbocycles. The molecule has 2 rings (SSSR count). The third-order valence-corrected chi connectivity index (χ3v) is 4.17. The molecule has 0 fully saturated rings. The van der Waals surface area contributed by atoms with Crippen LogP contribution in [-0.2, 0) is 20.9 Å². The number of amides is 1. The van der Waals surface area contributed by atoms with E-state index in [1.54, 1.807) is 13.0 Å². The van der Waals surface area contributed by atoms with E-state index in [4.69, 9.17) is 9.47 Å². The second-order valence-corrected chi connectivity index (χ2v) is 6.32. The number of ether oxygens (including phenoxy) is 2. The summed E-state index contributed by atoms with van der Waals surface area (Å²) >= 11 is 0. The van der Waals surface area contributed by atoms with Gasteiger partial charge in [0, 0.05) is 6.54 Å². The molecule has 0 unspecified atom stereocenters. The lowest BCUT2D eigenvalue weighted by Crippen LogP contribution is -2.36. The Labute approximate surface area is 154 Å². The van der Waals surface area contributed by atoms with E-state index in [0.717, 1.165) is 22.3 Å². The molecule has 5 heteroatoms. The topological polar surface area (TPSA) is 64.6 Å². The van der Waals surface area contributed by atoms with Crippen LogP contribution in [0.5, 0.6) is 5.75 Å². The van der Waals surface area contributed by atoms with Crippen LogP contribution in [0.1, 0.15) is 29.2 Å². The van der Waals surface area contributed by atoms with Crippen molar-refractivity contribution in [2.75, 3.05) is 6.61 Å². The fourth-order valence-corrected chi connectivity index (χ4v) is 2.34. The van der Waals surface area contributed by atoms with Gasteiger partial charge in [-0.1, -0.05) is 42.0 Å². The van der Waals surface area contributed by atoms with E-state index in [9.17, 15) is 9.59 Å². The van der Waals surface area contributed by atoms with Crippen LogP contribution in [0, 0.1) is 20.8 Å². The Hall–Kier alpha value is -2.82. The predicted octanol–water partition coefficient (Wildman–Crippen LogP) is 3.24. The molecule has 0 heterocycles. The monoisotopic (exact) mass is 355 g/mol. The maximum Gasteiger partial charge on any atom is 0.344 e. The number of hydrogen-bond acceptors (Lipinski definition) is 4. The third-order valence-electron chi connectivity index (χ3n) is 4.17. The van der Waals surface area contributed by atoms with Gasteiger partial charge in [-0.25, -0.2) is 4.79 Å². The molecule has 1 N–H and O–H groups in total. The summed E-state index contributed by atoms with van der Waals surface area (Å²) in [6.07, 6.45) is -0.879. The molecule has 1 atom stereocenters. The van der Waals surface area contributed by atoms with E-state index in [1.807, 2.05) is 57.2 Å². The fourth-order valence-electron chi connectivity index (χ4n) is 2.34. The van der Waals surface area contributed by atoms with Gasteiger partial charge in [0.25, 0.3) is 5.91 Å². The number of aryl methyl sites for hydroxylation is 2. The number of rotatable bonds is 7. The van der Waals surface area contributed by atoms with Gasteiger partial charge in [0.05, 0.1) is 0 Å². The van der Waals surface area contributed by atoms with Crippen molar-refractivity contribution >= 4 is 11.9 Å². The molecule has 26 heavy (non-hydrogen) atoms. The molecule has 0 aromatic heterocycles. The maximum atomic E-state index is 12.1. The van der Waals surface area contributed by atoms with Gasteiger partial charge in [0.1, 0.15) is 5.75 Å². The van der Waals surface area contributed by atoms with Crippen LogP contribution in [0.2, 0.25) is 0 Å². The average molecular weight is 355 g/mol. The number of benzene rings is 2. The molecule has 0 aliphatic heterocycles. The van der Waals surface area contributed by atoms with Crippen molar-refractivity contribution in [3.05, 3.63) is 64.7 Å². The van der Waals surface area contributed by atoms with Gasteiger partial charge in [-0.2, -0.15) is 0 Å². The van der Waals surface area contributed by atoms with Crippen molar-refractivity contribution in [3.8, 4) is 5.75 Å². The largest absolute Gasteiger partial charge is 0.482 e. The molecule has 5 nitrogen and oxygen atoms in total. The molecule has 2 aromatic carbocycles. The second-order valence-electron chi connectivity index (χ2n) is 6.32. The smallest absolute Gasteiger partial charge is 0.344 e. The summed E-state index contributed by atoms with van der Waals surface area (Å²) in [5, 5.41) is 2.76. The van der Waals surface area contributed by atoms with E-state index in [0.29, 0.717) is 12.3 Å². The minimum Gasteiger partial charge on any atom is -0.482 e. The van der Waals surface area contributed by atoms with Crippen LogP contribution in [-0.4, -0.2) is 24.6 Å². The van der Waals surface area contributed by atoms with Gasteiger partial charge in [-0.3, -0.25) is 4.79 Å². The highest BCUT2D eigenvalue weighted by molar-refractivity contribution is 5.83. The third kappa shape index (κ3) is 5.62. The van der Waals surface area contributed by atoms with Crippen molar-refractivity contribution in [1.82, 2.24) is 5.32 Å². The summed E-state index contributed by atoms with van der Waals surface area (Å²) in [6, 6.07) is 13.5. The molecular weight excluding hydrogens is 330 g/mol. The molecule has 138 valence electrons. The summed E-state index contributed by atoms with van der Waals surface area (Å²) in [5.74, 6) is -0.284. The zero-order chi connectivity index (χ0) is 19.1. The second kappa shape index (κ2) is 9.04. The minimum absolute atomic E-state index is 0.236. The first-order valence-electron chi connectivity index (χ1n) is 8.58. The van der Waals surface area contributed by atoms with Crippen LogP contribution >= 0.6 is 0 Å². The lowest BCUT2D eigenvalue weighted by molar-refractivity contribution is -0.156. The fraction of sp³-hybridized carbons (Fsp3) is 0.333. The van der Waals surface area contributed by atoms with Gasteiger partial charge < -0.3 is 14.8 Å². The normalized spacial score (nSPS) is 11.5. The van der Waals surface area contributed by atoms with Gasteiger partial charge in [0.15, 0.2) is 12.7 Å². The summed E-state index contributed by atoms with van der Waals surface area (Å²) in [6.45, 7) is 7.60. The van der Waals surface area contributed by atoms with E-state index in [2.05, 4.69) is 5.32 Å². The Bertz CT molecular complexity index is 768. The van der Waals surface area contributed by atoms with E-state index < -0.39 is 12.1 Å².